The number of hydrogen-bond acceptors (Lipinski definition) is 5. The molecule has 18 heavy (non-hydrogen) atoms. The van der Waals surface area contributed by atoms with Gasteiger partial charge in [-0.2, -0.15) is 0 Å². The van der Waals surface area contributed by atoms with Gasteiger partial charge in [-0.15, -0.1) is 11.3 Å². The number of thiazole rings is 1. The molecule has 0 bridgehead atoms. The zero-order chi connectivity index (χ0) is 12.7. The maximum absolute atomic E-state index is 5.64. The minimum atomic E-state index is 0.315. The number of nitrogens with zero attached hydrogens (tertiary/aromatic N) is 3. The first kappa shape index (κ1) is 11.1. The Hall–Kier alpha value is -2.01. The smallest absolute Gasteiger partial charge is 0.220 e. The second kappa shape index (κ2) is 4.03. The van der Waals surface area contributed by atoms with Crippen LogP contribution in [0.4, 0.5) is 5.95 Å². The quantitative estimate of drug-likeness (QED) is 0.727. The summed E-state index contributed by atoms with van der Waals surface area (Å²) in [6, 6.07) is 8.09. The predicted molar refractivity (Wildman–Crippen MR) is 74.5 cm³/mol. The number of nitrogens with two attached hydrogens (primary N) is 1. The van der Waals surface area contributed by atoms with E-state index >= 15 is 0 Å². The molecule has 0 aliphatic carbocycles. The van der Waals surface area contributed by atoms with Crippen LogP contribution in [0, 0.1) is 13.8 Å². The van der Waals surface area contributed by atoms with Crippen molar-refractivity contribution in [2.45, 2.75) is 13.8 Å². The molecule has 2 aromatic heterocycles. The average molecular weight is 256 g/mol. The number of aromatic nitrogens is 3. The van der Waals surface area contributed by atoms with Crippen molar-refractivity contribution in [2.24, 2.45) is 0 Å². The molecular weight excluding hydrogens is 244 g/mol. The van der Waals surface area contributed by atoms with Gasteiger partial charge in [0, 0.05) is 0 Å². The summed E-state index contributed by atoms with van der Waals surface area (Å²) in [5.41, 5.74) is 9.39. The normalized spacial score (nSPS) is 11.0. The monoisotopic (exact) mass is 256 g/mol. The fourth-order valence-corrected chi connectivity index (χ4v) is 3.15. The molecule has 0 saturated heterocycles. The van der Waals surface area contributed by atoms with E-state index in [4.69, 9.17) is 5.73 Å². The molecule has 2 N–H and O–H groups in total. The van der Waals surface area contributed by atoms with Crippen LogP contribution >= 0.6 is 11.3 Å². The maximum Gasteiger partial charge on any atom is 0.220 e. The van der Waals surface area contributed by atoms with E-state index in [1.165, 1.54) is 4.70 Å². The van der Waals surface area contributed by atoms with Gasteiger partial charge in [-0.3, -0.25) is 0 Å². The van der Waals surface area contributed by atoms with E-state index in [0.717, 1.165) is 27.5 Å². The Balaban J connectivity index is 2.26. The van der Waals surface area contributed by atoms with Gasteiger partial charge < -0.3 is 5.73 Å². The topological polar surface area (TPSA) is 64.7 Å². The van der Waals surface area contributed by atoms with Gasteiger partial charge in [-0.25, -0.2) is 15.0 Å². The summed E-state index contributed by atoms with van der Waals surface area (Å²) in [5, 5.41) is 0.950. The maximum atomic E-state index is 5.64. The third kappa shape index (κ3) is 1.73. The van der Waals surface area contributed by atoms with E-state index in [9.17, 15) is 0 Å². The number of rotatable bonds is 1. The van der Waals surface area contributed by atoms with Crippen LogP contribution in [0.1, 0.15) is 11.4 Å². The average Bonchev–Trinajstić information content (AvgIpc) is 2.70. The van der Waals surface area contributed by atoms with Gasteiger partial charge in [0.2, 0.25) is 5.95 Å². The van der Waals surface area contributed by atoms with Gasteiger partial charge in [0.1, 0.15) is 5.01 Å². The predicted octanol–water partition coefficient (Wildman–Crippen LogP) is 2.95. The van der Waals surface area contributed by atoms with Gasteiger partial charge >= 0.3 is 0 Å². The van der Waals surface area contributed by atoms with Crippen molar-refractivity contribution in [3.63, 3.8) is 0 Å². The summed E-state index contributed by atoms with van der Waals surface area (Å²) in [5.74, 6) is 0.315. The third-order valence-corrected chi connectivity index (χ3v) is 3.85. The molecule has 0 fully saturated rings. The van der Waals surface area contributed by atoms with Crippen molar-refractivity contribution in [3.8, 4) is 10.6 Å². The van der Waals surface area contributed by atoms with Crippen LogP contribution in [0.5, 0.6) is 0 Å². The number of benzene rings is 1. The summed E-state index contributed by atoms with van der Waals surface area (Å²) >= 11 is 1.65. The van der Waals surface area contributed by atoms with Crippen molar-refractivity contribution in [2.75, 3.05) is 5.73 Å². The van der Waals surface area contributed by atoms with Crippen molar-refractivity contribution in [3.05, 3.63) is 35.7 Å². The van der Waals surface area contributed by atoms with Crippen molar-refractivity contribution < 1.29 is 0 Å². The minimum Gasteiger partial charge on any atom is -0.368 e. The van der Waals surface area contributed by atoms with Crippen LogP contribution in [0.15, 0.2) is 24.3 Å². The van der Waals surface area contributed by atoms with E-state index in [-0.39, 0.29) is 0 Å². The lowest BCUT2D eigenvalue weighted by atomic mass is 10.2. The lowest BCUT2D eigenvalue weighted by Gasteiger charge is -2.05. The van der Waals surface area contributed by atoms with Crippen LogP contribution in [0.25, 0.3) is 20.8 Å². The Morgan fingerprint density at radius 2 is 1.67 bits per heavy atom. The van der Waals surface area contributed by atoms with E-state index in [0.29, 0.717) is 5.95 Å². The number of para-hydroxylation sites is 1. The Labute approximate surface area is 109 Å². The van der Waals surface area contributed by atoms with E-state index in [2.05, 4.69) is 21.0 Å². The number of nitrogen functional groups attached to an aromatic ring is 1. The lowest BCUT2D eigenvalue weighted by molar-refractivity contribution is 1.07. The van der Waals surface area contributed by atoms with Gasteiger partial charge in [0.15, 0.2) is 0 Å². The Morgan fingerprint density at radius 1 is 1.00 bits per heavy atom. The van der Waals surface area contributed by atoms with Crippen LogP contribution in [-0.2, 0) is 0 Å². The van der Waals surface area contributed by atoms with Gasteiger partial charge in [-0.05, 0) is 26.0 Å². The molecule has 0 amide bonds. The van der Waals surface area contributed by atoms with Gasteiger partial charge in [0.25, 0.3) is 0 Å². The zero-order valence-electron chi connectivity index (χ0n) is 10.1. The molecule has 0 aliphatic rings. The highest BCUT2D eigenvalue weighted by molar-refractivity contribution is 7.21. The van der Waals surface area contributed by atoms with E-state index < -0.39 is 0 Å². The summed E-state index contributed by atoms with van der Waals surface area (Å²) in [7, 11) is 0. The molecule has 0 aliphatic heterocycles. The molecular formula is C13H12N4S. The molecule has 0 spiro atoms. The Morgan fingerprint density at radius 3 is 2.33 bits per heavy atom. The van der Waals surface area contributed by atoms with Gasteiger partial charge in [0.05, 0.1) is 27.2 Å². The number of aryl methyl sites for hydroxylation is 2. The molecule has 1 aromatic carbocycles. The Kier molecular flexibility index (Phi) is 2.48. The third-order valence-electron chi connectivity index (χ3n) is 2.80. The summed E-state index contributed by atoms with van der Waals surface area (Å²) in [4.78, 5) is 13.1. The van der Waals surface area contributed by atoms with Gasteiger partial charge in [-0.1, -0.05) is 12.1 Å². The number of hydrogen-bond donors (Lipinski definition) is 1. The van der Waals surface area contributed by atoms with Crippen LogP contribution in [0.2, 0.25) is 0 Å². The Bertz CT molecular complexity index is 677. The highest BCUT2D eigenvalue weighted by atomic mass is 32.1. The van der Waals surface area contributed by atoms with Crippen LogP contribution < -0.4 is 5.73 Å². The number of fused-ring (bicyclic) bond motifs is 1. The molecule has 90 valence electrons. The molecule has 4 nitrogen and oxygen atoms in total. The fraction of sp³-hybridized carbons (Fsp3) is 0.154. The molecule has 2 heterocycles. The standard InChI is InChI=1S/C13H12N4S/c1-7-11(8(2)16-13(14)15-7)12-17-9-5-3-4-6-10(9)18-12/h3-6H,1-2H3,(H2,14,15,16). The summed E-state index contributed by atoms with van der Waals surface area (Å²) in [6.07, 6.45) is 0. The largest absolute Gasteiger partial charge is 0.368 e. The first-order chi connectivity index (χ1) is 8.65. The lowest BCUT2D eigenvalue weighted by Crippen LogP contribution is -2.01. The molecule has 5 heteroatoms. The second-order valence-electron chi connectivity index (χ2n) is 4.11. The zero-order valence-corrected chi connectivity index (χ0v) is 11.0. The van der Waals surface area contributed by atoms with E-state index in [1.54, 1.807) is 11.3 Å². The first-order valence-electron chi connectivity index (χ1n) is 5.62. The van der Waals surface area contributed by atoms with E-state index in [1.807, 2.05) is 32.0 Å². The van der Waals surface area contributed by atoms with Crippen LogP contribution in [-0.4, -0.2) is 15.0 Å². The van der Waals surface area contributed by atoms with Crippen molar-refractivity contribution in [1.82, 2.24) is 15.0 Å². The second-order valence-corrected chi connectivity index (χ2v) is 5.15. The highest BCUT2D eigenvalue weighted by Crippen LogP contribution is 2.32. The molecule has 0 atom stereocenters. The molecule has 0 unspecified atom stereocenters. The van der Waals surface area contributed by atoms with Crippen molar-refractivity contribution >= 4 is 27.5 Å². The molecule has 3 rings (SSSR count). The van der Waals surface area contributed by atoms with Crippen molar-refractivity contribution in [1.29, 1.82) is 0 Å². The fourth-order valence-electron chi connectivity index (χ4n) is 2.03. The first-order valence-corrected chi connectivity index (χ1v) is 6.43. The highest BCUT2D eigenvalue weighted by Gasteiger charge is 2.13. The number of anilines is 1. The molecule has 0 radical (unpaired) electrons. The molecule has 0 saturated carbocycles. The van der Waals surface area contributed by atoms with Crippen LogP contribution in [0.3, 0.4) is 0 Å². The minimum absolute atomic E-state index is 0.315. The summed E-state index contributed by atoms with van der Waals surface area (Å²) < 4.78 is 1.17. The summed E-state index contributed by atoms with van der Waals surface area (Å²) in [6.45, 7) is 3.87. The molecule has 3 aromatic rings. The SMILES string of the molecule is Cc1nc(N)nc(C)c1-c1nc2ccccc2s1.